The van der Waals surface area contributed by atoms with Gasteiger partial charge in [-0.3, -0.25) is 9.59 Å². The molecule has 0 saturated carbocycles. The number of carbonyl (C=O) groups excluding carboxylic acids is 1. The third-order valence-electron chi connectivity index (χ3n) is 4.62. The van der Waals surface area contributed by atoms with E-state index < -0.39 is 12.1 Å². The summed E-state index contributed by atoms with van der Waals surface area (Å²) in [6, 6.07) is 5.61. The Kier molecular flexibility index (Phi) is 9.41. The van der Waals surface area contributed by atoms with Gasteiger partial charge in [-0.05, 0) is 49.1 Å². The van der Waals surface area contributed by atoms with E-state index in [2.05, 4.69) is 0 Å². The predicted molar refractivity (Wildman–Crippen MR) is 112 cm³/mol. The van der Waals surface area contributed by atoms with E-state index >= 15 is 0 Å². The molecular formula is C22H27FO5S. The zero-order valence-corrected chi connectivity index (χ0v) is 17.2. The number of ether oxygens (including phenoxy) is 1. The average Bonchev–Trinajstić information content (AvgIpc) is 3.04. The number of carboxylic acids is 1. The number of ketones is 1. The number of benzene rings is 1. The van der Waals surface area contributed by atoms with Crippen LogP contribution in [0.1, 0.15) is 26.2 Å². The van der Waals surface area contributed by atoms with Gasteiger partial charge in [-0.25, -0.2) is 4.39 Å². The maximum absolute atomic E-state index is 12.9. The second-order valence-electron chi connectivity index (χ2n) is 7.16. The quantitative estimate of drug-likeness (QED) is 0.498. The largest absolute Gasteiger partial charge is 0.491 e. The van der Waals surface area contributed by atoms with E-state index in [9.17, 15) is 19.1 Å². The van der Waals surface area contributed by atoms with Crippen molar-refractivity contribution in [1.29, 1.82) is 0 Å². The molecule has 0 spiro atoms. The van der Waals surface area contributed by atoms with E-state index in [0.29, 0.717) is 24.3 Å². The van der Waals surface area contributed by atoms with Crippen molar-refractivity contribution >= 4 is 23.5 Å². The van der Waals surface area contributed by atoms with Gasteiger partial charge in [0.05, 0.1) is 6.10 Å². The molecule has 1 aromatic carbocycles. The van der Waals surface area contributed by atoms with Gasteiger partial charge in [0.2, 0.25) is 0 Å². The van der Waals surface area contributed by atoms with Crippen LogP contribution in [0, 0.1) is 17.7 Å². The Morgan fingerprint density at radius 1 is 1.34 bits per heavy atom. The maximum atomic E-state index is 12.9. The fourth-order valence-electron chi connectivity index (χ4n) is 2.93. The number of rotatable bonds is 12. The summed E-state index contributed by atoms with van der Waals surface area (Å²) in [7, 11) is 0. The molecule has 4 unspecified atom stereocenters. The Morgan fingerprint density at radius 2 is 2.07 bits per heavy atom. The monoisotopic (exact) mass is 422 g/mol. The Morgan fingerprint density at radius 3 is 2.76 bits per heavy atom. The Labute approximate surface area is 174 Å². The molecule has 1 aliphatic carbocycles. The summed E-state index contributed by atoms with van der Waals surface area (Å²) < 4.78 is 18.3. The van der Waals surface area contributed by atoms with E-state index in [4.69, 9.17) is 9.84 Å². The minimum absolute atomic E-state index is 0.0121. The van der Waals surface area contributed by atoms with Crippen LogP contribution in [0.3, 0.4) is 0 Å². The van der Waals surface area contributed by atoms with E-state index in [1.54, 1.807) is 6.08 Å². The molecule has 0 aromatic heterocycles. The first-order chi connectivity index (χ1) is 13.8. The third-order valence-corrected chi connectivity index (χ3v) is 6.07. The van der Waals surface area contributed by atoms with Crippen LogP contribution in [0.4, 0.5) is 4.39 Å². The Bertz CT molecular complexity index is 731. The van der Waals surface area contributed by atoms with Crippen LogP contribution in [0.5, 0.6) is 5.75 Å². The first-order valence-corrected chi connectivity index (χ1v) is 10.7. The van der Waals surface area contributed by atoms with Crippen LogP contribution in [0.2, 0.25) is 0 Å². The van der Waals surface area contributed by atoms with Crippen LogP contribution in [0.25, 0.3) is 0 Å². The molecule has 0 amide bonds. The number of allylic oxidation sites excluding steroid dienone is 3. The minimum Gasteiger partial charge on any atom is -0.491 e. The van der Waals surface area contributed by atoms with Gasteiger partial charge >= 0.3 is 5.97 Å². The molecule has 0 aliphatic heterocycles. The number of carboxylic acid groups (broad SMARTS) is 1. The normalized spacial score (nSPS) is 20.9. The van der Waals surface area contributed by atoms with Gasteiger partial charge < -0.3 is 14.9 Å². The second-order valence-corrected chi connectivity index (χ2v) is 8.37. The highest BCUT2D eigenvalue weighted by molar-refractivity contribution is 8.00. The average molecular weight is 423 g/mol. The van der Waals surface area contributed by atoms with Crippen molar-refractivity contribution < 1.29 is 28.9 Å². The predicted octanol–water partition coefficient (Wildman–Crippen LogP) is 3.87. The lowest BCUT2D eigenvalue weighted by atomic mass is 9.99. The number of aliphatic hydroxyl groups is 1. The number of thioether (sulfide) groups is 1. The molecule has 1 aromatic rings. The summed E-state index contributed by atoms with van der Waals surface area (Å²) in [5.41, 5.74) is 0. The van der Waals surface area contributed by atoms with E-state index in [1.807, 2.05) is 25.2 Å². The molecular weight excluding hydrogens is 395 g/mol. The SMILES string of the molecule is CC(C=CCC1C(=O)C=CC1SCC(O)COc1ccc(F)cc1)CCC(=O)O. The molecule has 0 heterocycles. The lowest BCUT2D eigenvalue weighted by Crippen LogP contribution is -2.24. The molecule has 7 heteroatoms. The summed E-state index contributed by atoms with van der Waals surface area (Å²) in [4.78, 5) is 22.7. The molecule has 158 valence electrons. The fraction of sp³-hybridized carbons (Fsp3) is 0.455. The summed E-state index contributed by atoms with van der Waals surface area (Å²) in [5, 5.41) is 18.9. The number of halogens is 1. The zero-order valence-electron chi connectivity index (χ0n) is 16.4. The highest BCUT2D eigenvalue weighted by Crippen LogP contribution is 2.31. The van der Waals surface area contributed by atoms with Crippen LogP contribution >= 0.6 is 11.8 Å². The standard InChI is InChI=1S/C22H27FO5S/c1-15(5-12-22(26)27)3-2-4-19-20(25)10-11-21(19)29-14-17(24)13-28-18-8-6-16(23)7-9-18/h2-3,6-11,15,17,19,21,24H,4-5,12-14H2,1H3,(H,26,27). The highest BCUT2D eigenvalue weighted by atomic mass is 32.2. The maximum Gasteiger partial charge on any atom is 0.303 e. The number of aliphatic carboxylic acids is 1. The smallest absolute Gasteiger partial charge is 0.303 e. The van der Waals surface area contributed by atoms with Gasteiger partial charge in [-0.15, -0.1) is 0 Å². The van der Waals surface area contributed by atoms with E-state index in [-0.39, 0.29) is 41.7 Å². The second kappa shape index (κ2) is 11.8. The van der Waals surface area contributed by atoms with Gasteiger partial charge in [-0.2, -0.15) is 11.8 Å². The van der Waals surface area contributed by atoms with Gasteiger partial charge in [0, 0.05) is 23.3 Å². The number of hydrogen-bond acceptors (Lipinski definition) is 5. The van der Waals surface area contributed by atoms with Crippen LogP contribution < -0.4 is 4.74 Å². The van der Waals surface area contributed by atoms with Crippen molar-refractivity contribution in [2.45, 2.75) is 37.5 Å². The number of carbonyl (C=O) groups is 2. The summed E-state index contributed by atoms with van der Waals surface area (Å²) in [6.45, 7) is 2.05. The van der Waals surface area contributed by atoms with Crippen molar-refractivity contribution in [2.24, 2.45) is 11.8 Å². The van der Waals surface area contributed by atoms with Gasteiger partial charge in [-0.1, -0.05) is 25.2 Å². The molecule has 0 saturated heterocycles. The first-order valence-electron chi connectivity index (χ1n) is 9.63. The van der Waals surface area contributed by atoms with Crippen LogP contribution in [0.15, 0.2) is 48.6 Å². The fourth-order valence-corrected chi connectivity index (χ4v) is 4.14. The summed E-state index contributed by atoms with van der Waals surface area (Å²) >= 11 is 1.51. The van der Waals surface area contributed by atoms with Crippen molar-refractivity contribution in [3.63, 3.8) is 0 Å². The van der Waals surface area contributed by atoms with Crippen LogP contribution in [-0.4, -0.2) is 45.7 Å². The molecule has 2 rings (SSSR count). The molecule has 2 N–H and O–H groups in total. The van der Waals surface area contributed by atoms with Gasteiger partial charge in [0.25, 0.3) is 0 Å². The molecule has 1 aliphatic rings. The first kappa shape index (κ1) is 23.2. The lowest BCUT2D eigenvalue weighted by molar-refractivity contribution is -0.137. The highest BCUT2D eigenvalue weighted by Gasteiger charge is 2.29. The van der Waals surface area contributed by atoms with Gasteiger partial charge in [0.15, 0.2) is 5.78 Å². The molecule has 4 atom stereocenters. The third kappa shape index (κ3) is 8.41. The Hall–Kier alpha value is -2.12. The number of aliphatic hydroxyl groups excluding tert-OH is 1. The van der Waals surface area contributed by atoms with E-state index in [0.717, 1.165) is 0 Å². The van der Waals surface area contributed by atoms with Crippen molar-refractivity contribution in [3.05, 3.63) is 54.4 Å². The summed E-state index contributed by atoms with van der Waals surface area (Å²) in [6.07, 6.45) is 7.95. The Balaban J connectivity index is 1.73. The lowest BCUT2D eigenvalue weighted by Gasteiger charge is -2.19. The molecule has 5 nitrogen and oxygen atoms in total. The van der Waals surface area contributed by atoms with Crippen molar-refractivity contribution in [2.75, 3.05) is 12.4 Å². The van der Waals surface area contributed by atoms with Gasteiger partial charge in [0.1, 0.15) is 18.2 Å². The molecule has 29 heavy (non-hydrogen) atoms. The van der Waals surface area contributed by atoms with Crippen molar-refractivity contribution in [1.82, 2.24) is 0 Å². The zero-order chi connectivity index (χ0) is 21.2. The summed E-state index contributed by atoms with van der Waals surface area (Å²) in [5.74, 6) is -0.200. The number of hydrogen-bond donors (Lipinski definition) is 2. The molecule has 0 radical (unpaired) electrons. The minimum atomic E-state index is -0.807. The molecule has 0 bridgehead atoms. The topological polar surface area (TPSA) is 83.8 Å². The molecule has 0 fully saturated rings. The van der Waals surface area contributed by atoms with Crippen molar-refractivity contribution in [3.8, 4) is 5.75 Å². The van der Waals surface area contributed by atoms with E-state index in [1.165, 1.54) is 36.0 Å². The van der Waals surface area contributed by atoms with Crippen LogP contribution in [-0.2, 0) is 9.59 Å².